The Balaban J connectivity index is 2.33. The highest BCUT2D eigenvalue weighted by Crippen LogP contribution is 2.33. The first-order chi connectivity index (χ1) is 9.81. The molecule has 1 aromatic carbocycles. The molecule has 3 heteroatoms. The fourth-order valence-corrected chi connectivity index (χ4v) is 3.26. The van der Waals surface area contributed by atoms with Crippen molar-refractivity contribution in [2.45, 2.75) is 32.1 Å². The average Bonchev–Trinajstić information content (AvgIpc) is 2.71. The van der Waals surface area contributed by atoms with E-state index in [1.54, 1.807) is 0 Å². The Hall–Kier alpha value is -1.92. The second-order valence-electron chi connectivity index (χ2n) is 5.20. The van der Waals surface area contributed by atoms with Crippen LogP contribution in [-0.2, 0) is 12.8 Å². The van der Waals surface area contributed by atoms with E-state index in [0.717, 1.165) is 24.0 Å². The first kappa shape index (κ1) is 13.1. The first-order valence-corrected chi connectivity index (χ1v) is 7.45. The van der Waals surface area contributed by atoms with Gasteiger partial charge in [0, 0.05) is 11.3 Å². The molecule has 3 rings (SSSR count). The first-order valence-electron chi connectivity index (χ1n) is 7.05. The van der Waals surface area contributed by atoms with Gasteiger partial charge in [0.2, 0.25) is 0 Å². The van der Waals surface area contributed by atoms with Crippen LogP contribution in [0.4, 0.5) is 0 Å². The number of aryl methyl sites for hydroxylation is 1. The van der Waals surface area contributed by atoms with Gasteiger partial charge in [-0.05, 0) is 36.8 Å². The van der Waals surface area contributed by atoms with E-state index < -0.39 is 0 Å². The van der Waals surface area contributed by atoms with Gasteiger partial charge in [-0.25, -0.2) is 0 Å². The van der Waals surface area contributed by atoms with E-state index in [1.807, 2.05) is 18.2 Å². The summed E-state index contributed by atoms with van der Waals surface area (Å²) in [5, 5.41) is 9.50. The van der Waals surface area contributed by atoms with Crippen LogP contribution in [0.25, 0.3) is 11.1 Å². The predicted octanol–water partition coefficient (Wildman–Crippen LogP) is 4.55. The Morgan fingerprint density at radius 2 is 1.80 bits per heavy atom. The summed E-state index contributed by atoms with van der Waals surface area (Å²) in [4.78, 5) is 3.29. The van der Waals surface area contributed by atoms with Crippen LogP contribution < -0.4 is 0 Å². The summed E-state index contributed by atoms with van der Waals surface area (Å²) in [5.41, 5.74) is 5.28. The van der Waals surface area contributed by atoms with Crippen LogP contribution in [0.3, 0.4) is 0 Å². The monoisotopic (exact) mass is 280 g/mol. The SMILES string of the molecule is N#Cc1c(-c2ccccc2)c2c([nH]c1=S)CCCCC2. The molecular formula is C17H16N2S. The highest BCUT2D eigenvalue weighted by molar-refractivity contribution is 7.71. The van der Waals surface area contributed by atoms with Gasteiger partial charge in [-0.1, -0.05) is 49.0 Å². The molecule has 0 amide bonds. The molecule has 0 saturated heterocycles. The van der Waals surface area contributed by atoms with Crippen LogP contribution in [-0.4, -0.2) is 4.98 Å². The Kier molecular flexibility index (Phi) is 3.66. The van der Waals surface area contributed by atoms with Crippen molar-refractivity contribution >= 4 is 12.2 Å². The zero-order chi connectivity index (χ0) is 13.9. The highest BCUT2D eigenvalue weighted by Gasteiger charge is 2.18. The molecule has 0 bridgehead atoms. The van der Waals surface area contributed by atoms with E-state index >= 15 is 0 Å². The summed E-state index contributed by atoms with van der Waals surface area (Å²) >= 11 is 5.39. The van der Waals surface area contributed by atoms with Gasteiger partial charge < -0.3 is 4.98 Å². The van der Waals surface area contributed by atoms with Gasteiger partial charge in [-0.2, -0.15) is 5.26 Å². The topological polar surface area (TPSA) is 39.6 Å². The van der Waals surface area contributed by atoms with Crippen molar-refractivity contribution in [3.05, 3.63) is 51.8 Å². The Bertz CT molecular complexity index is 723. The lowest BCUT2D eigenvalue weighted by molar-refractivity contribution is 0.708. The maximum Gasteiger partial charge on any atom is 0.122 e. The lowest BCUT2D eigenvalue weighted by Gasteiger charge is -2.15. The van der Waals surface area contributed by atoms with Gasteiger partial charge in [0.15, 0.2) is 0 Å². The summed E-state index contributed by atoms with van der Waals surface area (Å²) < 4.78 is 0.576. The van der Waals surface area contributed by atoms with Crippen LogP contribution >= 0.6 is 12.2 Å². The molecule has 1 heterocycles. The molecule has 0 aliphatic heterocycles. The van der Waals surface area contributed by atoms with E-state index in [0.29, 0.717) is 10.2 Å². The standard InChI is InChI=1S/C17H16N2S/c18-11-14-16(12-7-3-1-4-8-12)13-9-5-2-6-10-15(13)19-17(14)20/h1,3-4,7-8H,2,5-6,9-10H2,(H,19,20). The van der Waals surface area contributed by atoms with Gasteiger partial charge in [-0.15, -0.1) is 0 Å². The fourth-order valence-electron chi connectivity index (χ4n) is 2.99. The Labute approximate surface area is 124 Å². The smallest absolute Gasteiger partial charge is 0.122 e. The number of H-pyrrole nitrogens is 1. The van der Waals surface area contributed by atoms with Gasteiger partial charge in [0.25, 0.3) is 0 Å². The van der Waals surface area contributed by atoms with Gasteiger partial charge in [0.05, 0.1) is 5.56 Å². The quantitative estimate of drug-likeness (QED) is 0.615. The molecule has 0 spiro atoms. The molecule has 0 unspecified atom stereocenters. The zero-order valence-corrected chi connectivity index (χ0v) is 12.1. The van der Waals surface area contributed by atoms with Crippen molar-refractivity contribution in [1.82, 2.24) is 4.98 Å². The third-order valence-electron chi connectivity index (χ3n) is 3.94. The summed E-state index contributed by atoms with van der Waals surface area (Å²) in [6.45, 7) is 0. The number of rotatable bonds is 1. The molecule has 20 heavy (non-hydrogen) atoms. The van der Waals surface area contributed by atoms with Crippen molar-refractivity contribution in [3.63, 3.8) is 0 Å². The second-order valence-corrected chi connectivity index (χ2v) is 5.61. The predicted molar refractivity (Wildman–Crippen MR) is 83.0 cm³/mol. The molecule has 2 nitrogen and oxygen atoms in total. The number of nitriles is 1. The van der Waals surface area contributed by atoms with E-state index in [2.05, 4.69) is 23.2 Å². The normalized spacial score (nSPS) is 14.2. The van der Waals surface area contributed by atoms with Crippen LogP contribution in [0.15, 0.2) is 30.3 Å². The molecular weight excluding hydrogens is 264 g/mol. The number of benzene rings is 1. The second kappa shape index (κ2) is 5.60. The van der Waals surface area contributed by atoms with Gasteiger partial charge >= 0.3 is 0 Å². The van der Waals surface area contributed by atoms with Crippen molar-refractivity contribution in [2.24, 2.45) is 0 Å². The highest BCUT2D eigenvalue weighted by atomic mass is 32.1. The lowest BCUT2D eigenvalue weighted by atomic mass is 9.92. The van der Waals surface area contributed by atoms with E-state index in [4.69, 9.17) is 12.2 Å². The molecule has 1 N–H and O–H groups in total. The fraction of sp³-hybridized carbons (Fsp3) is 0.294. The third kappa shape index (κ3) is 2.28. The van der Waals surface area contributed by atoms with Crippen LogP contribution in [0.2, 0.25) is 0 Å². The summed E-state index contributed by atoms with van der Waals surface area (Å²) in [6, 6.07) is 12.5. The minimum atomic E-state index is 0.576. The average molecular weight is 280 g/mol. The number of fused-ring (bicyclic) bond motifs is 1. The number of aromatic amines is 1. The van der Waals surface area contributed by atoms with Crippen molar-refractivity contribution in [3.8, 4) is 17.2 Å². The number of hydrogen-bond donors (Lipinski definition) is 1. The maximum atomic E-state index is 9.50. The van der Waals surface area contributed by atoms with E-state index in [-0.39, 0.29) is 0 Å². The molecule has 100 valence electrons. The molecule has 2 aromatic rings. The van der Waals surface area contributed by atoms with Crippen LogP contribution in [0.5, 0.6) is 0 Å². The Morgan fingerprint density at radius 3 is 2.55 bits per heavy atom. The summed E-state index contributed by atoms with van der Waals surface area (Å²) in [5.74, 6) is 0. The zero-order valence-electron chi connectivity index (χ0n) is 11.3. The molecule has 0 fully saturated rings. The molecule has 0 radical (unpaired) electrons. The summed E-state index contributed by atoms with van der Waals surface area (Å²) in [6.07, 6.45) is 5.68. The van der Waals surface area contributed by atoms with Crippen LogP contribution in [0.1, 0.15) is 36.1 Å². The molecule has 1 aromatic heterocycles. The molecule has 1 aliphatic carbocycles. The number of hydrogen-bond acceptors (Lipinski definition) is 2. The maximum absolute atomic E-state index is 9.50. The van der Waals surface area contributed by atoms with Crippen molar-refractivity contribution < 1.29 is 0 Å². The lowest BCUT2D eigenvalue weighted by Crippen LogP contribution is -2.03. The number of pyridine rings is 1. The van der Waals surface area contributed by atoms with Gasteiger partial charge in [0.1, 0.15) is 10.7 Å². The summed E-state index contributed by atoms with van der Waals surface area (Å²) in [7, 11) is 0. The van der Waals surface area contributed by atoms with Gasteiger partial charge in [-0.3, -0.25) is 0 Å². The molecule has 0 saturated carbocycles. The largest absolute Gasteiger partial charge is 0.349 e. The van der Waals surface area contributed by atoms with E-state index in [9.17, 15) is 5.26 Å². The third-order valence-corrected chi connectivity index (χ3v) is 4.24. The van der Waals surface area contributed by atoms with Crippen LogP contribution in [0, 0.1) is 16.0 Å². The molecule has 0 atom stereocenters. The van der Waals surface area contributed by atoms with E-state index in [1.165, 1.54) is 30.5 Å². The van der Waals surface area contributed by atoms with Crippen molar-refractivity contribution in [1.29, 1.82) is 5.26 Å². The number of nitrogens with zero attached hydrogens (tertiary/aromatic N) is 1. The number of aromatic nitrogens is 1. The minimum absolute atomic E-state index is 0.576. The van der Waals surface area contributed by atoms with Crippen molar-refractivity contribution in [2.75, 3.05) is 0 Å². The Morgan fingerprint density at radius 1 is 1.05 bits per heavy atom. The molecule has 1 aliphatic rings. The minimum Gasteiger partial charge on any atom is -0.349 e. The number of nitrogens with one attached hydrogen (secondary N) is 1.